The number of carbonyl (C=O) groups is 2. The molecule has 2 heterocycles. The fraction of sp³-hybridized carbons (Fsp3) is 0.0909. The topological polar surface area (TPSA) is 162 Å². The van der Waals surface area contributed by atoms with Crippen LogP contribution in [0.15, 0.2) is 73.1 Å². The number of aromatic nitrogens is 4. The van der Waals surface area contributed by atoms with Crippen molar-refractivity contribution in [3.8, 4) is 0 Å². The number of aromatic carboxylic acids is 1. The number of hydrogen-bond acceptors (Lipinski definition) is 7. The zero-order valence-corrected chi connectivity index (χ0v) is 17.0. The zero-order valence-electron chi connectivity index (χ0n) is 17.0. The van der Waals surface area contributed by atoms with Gasteiger partial charge in [-0.2, -0.15) is 10.2 Å². The van der Waals surface area contributed by atoms with Gasteiger partial charge in [0.2, 0.25) is 0 Å². The van der Waals surface area contributed by atoms with Crippen LogP contribution in [0.25, 0.3) is 0 Å². The molecular formula is C22H22N6O4. The molecule has 0 unspecified atom stereocenters. The van der Waals surface area contributed by atoms with Crippen molar-refractivity contribution in [2.45, 2.75) is 13.2 Å². The van der Waals surface area contributed by atoms with Crippen molar-refractivity contribution < 1.29 is 19.4 Å². The summed E-state index contributed by atoms with van der Waals surface area (Å²) >= 11 is 0. The normalized spacial score (nSPS) is 10.1. The van der Waals surface area contributed by atoms with Crippen LogP contribution in [0.1, 0.15) is 31.8 Å². The minimum atomic E-state index is -1.06. The Kier molecular flexibility index (Phi) is 7.20. The van der Waals surface area contributed by atoms with E-state index in [-0.39, 0.29) is 29.4 Å². The van der Waals surface area contributed by atoms with Gasteiger partial charge in [-0.25, -0.2) is 9.59 Å². The lowest BCUT2D eigenvalue weighted by molar-refractivity contribution is 0.0473. The van der Waals surface area contributed by atoms with Crippen molar-refractivity contribution in [1.82, 2.24) is 20.0 Å². The summed E-state index contributed by atoms with van der Waals surface area (Å²) in [5.41, 5.74) is 13.2. The van der Waals surface area contributed by atoms with Crippen molar-refractivity contribution in [2.75, 3.05) is 11.5 Å². The number of benzene rings is 2. The fourth-order valence-electron chi connectivity index (χ4n) is 2.71. The molecule has 2 aromatic heterocycles. The summed E-state index contributed by atoms with van der Waals surface area (Å²) in [6.07, 6.45) is 2.79. The first kappa shape index (κ1) is 22.1. The van der Waals surface area contributed by atoms with Crippen LogP contribution in [0.3, 0.4) is 0 Å². The van der Waals surface area contributed by atoms with E-state index in [2.05, 4.69) is 15.3 Å². The molecule has 0 atom stereocenters. The number of carboxylic acid groups (broad SMARTS) is 1. The zero-order chi connectivity index (χ0) is 22.9. The third-order valence-corrected chi connectivity index (χ3v) is 4.31. The maximum atomic E-state index is 11.5. The van der Waals surface area contributed by atoms with E-state index >= 15 is 0 Å². The molecule has 32 heavy (non-hydrogen) atoms. The van der Waals surface area contributed by atoms with Gasteiger partial charge in [0.15, 0.2) is 5.82 Å². The minimum Gasteiger partial charge on any atom is -0.477 e. The number of carbonyl (C=O) groups excluding carboxylic acids is 1. The van der Waals surface area contributed by atoms with E-state index in [9.17, 15) is 9.59 Å². The molecule has 2 aromatic carbocycles. The van der Waals surface area contributed by atoms with Crippen LogP contribution in [0.4, 0.5) is 11.6 Å². The maximum absolute atomic E-state index is 11.5. The monoisotopic (exact) mass is 434 g/mol. The summed E-state index contributed by atoms with van der Waals surface area (Å²) in [4.78, 5) is 22.3. The van der Waals surface area contributed by atoms with Crippen LogP contribution in [-0.4, -0.2) is 37.0 Å². The summed E-state index contributed by atoms with van der Waals surface area (Å²) in [5.74, 6) is -1.27. The van der Waals surface area contributed by atoms with Gasteiger partial charge < -0.3 is 21.3 Å². The lowest BCUT2D eigenvalue weighted by Crippen LogP contribution is -2.06. The fourth-order valence-corrected chi connectivity index (χ4v) is 2.71. The van der Waals surface area contributed by atoms with Crippen LogP contribution < -0.4 is 11.5 Å². The van der Waals surface area contributed by atoms with Crippen molar-refractivity contribution in [3.05, 3.63) is 95.3 Å². The van der Waals surface area contributed by atoms with E-state index in [1.54, 1.807) is 0 Å². The number of nitrogens with zero attached hydrogens (tertiary/aromatic N) is 3. The van der Waals surface area contributed by atoms with Crippen molar-refractivity contribution in [2.24, 2.45) is 0 Å². The highest BCUT2D eigenvalue weighted by Gasteiger charge is 2.13. The molecule has 164 valence electrons. The molecule has 0 aliphatic rings. The molecule has 4 rings (SSSR count). The molecule has 0 amide bonds. The molecule has 6 N–H and O–H groups in total. The molecule has 4 aromatic rings. The minimum absolute atomic E-state index is 0.0379. The number of rotatable bonds is 6. The van der Waals surface area contributed by atoms with Gasteiger partial charge in [0, 0.05) is 6.20 Å². The predicted octanol–water partition coefficient (Wildman–Crippen LogP) is 2.56. The number of aromatic amines is 1. The Balaban J connectivity index is 0.000000181. The van der Waals surface area contributed by atoms with Crippen molar-refractivity contribution in [1.29, 1.82) is 0 Å². The van der Waals surface area contributed by atoms with Gasteiger partial charge in [0.25, 0.3) is 0 Å². The smallest absolute Gasteiger partial charge is 0.343 e. The van der Waals surface area contributed by atoms with Crippen LogP contribution in [0.2, 0.25) is 0 Å². The Hall–Kier alpha value is -4.60. The summed E-state index contributed by atoms with van der Waals surface area (Å²) in [6, 6.07) is 19.1. The molecule has 0 saturated heterocycles. The summed E-state index contributed by atoms with van der Waals surface area (Å²) in [5, 5.41) is 18.9. The quantitative estimate of drug-likeness (QED) is 0.337. The number of hydrogen-bond donors (Lipinski definition) is 4. The predicted molar refractivity (Wildman–Crippen MR) is 118 cm³/mol. The highest BCUT2D eigenvalue weighted by molar-refractivity contribution is 5.93. The molecule has 10 nitrogen and oxygen atoms in total. The van der Waals surface area contributed by atoms with E-state index < -0.39 is 11.9 Å². The number of nitrogen functional groups attached to an aromatic ring is 2. The lowest BCUT2D eigenvalue weighted by Gasteiger charge is -2.03. The maximum Gasteiger partial charge on any atom is 0.343 e. The summed E-state index contributed by atoms with van der Waals surface area (Å²) in [7, 11) is 0. The first-order valence-electron chi connectivity index (χ1n) is 9.54. The third-order valence-electron chi connectivity index (χ3n) is 4.31. The SMILES string of the molecule is Nc1[nH]ncc1C(=O)OCc1ccccc1.Nc1nn(Cc2ccccc2)cc1C(=O)O. The summed E-state index contributed by atoms with van der Waals surface area (Å²) in [6.45, 7) is 0.739. The Morgan fingerprint density at radius 2 is 1.59 bits per heavy atom. The van der Waals surface area contributed by atoms with Gasteiger partial charge in [0.1, 0.15) is 23.6 Å². The average molecular weight is 434 g/mol. The second kappa shape index (κ2) is 10.4. The molecule has 0 spiro atoms. The van der Waals surface area contributed by atoms with E-state index in [1.165, 1.54) is 17.1 Å². The third kappa shape index (κ3) is 5.95. The van der Waals surface area contributed by atoms with Crippen LogP contribution in [0.5, 0.6) is 0 Å². The number of H-pyrrole nitrogens is 1. The van der Waals surface area contributed by atoms with Gasteiger partial charge in [-0.15, -0.1) is 0 Å². The largest absolute Gasteiger partial charge is 0.477 e. The molecule has 0 bridgehead atoms. The highest BCUT2D eigenvalue weighted by Crippen LogP contribution is 2.11. The van der Waals surface area contributed by atoms with E-state index in [0.717, 1.165) is 11.1 Å². The number of ether oxygens (including phenoxy) is 1. The van der Waals surface area contributed by atoms with Crippen LogP contribution in [0, 0.1) is 0 Å². The van der Waals surface area contributed by atoms with E-state index in [4.69, 9.17) is 21.3 Å². The number of carboxylic acids is 1. The van der Waals surface area contributed by atoms with Gasteiger partial charge in [-0.3, -0.25) is 9.78 Å². The number of anilines is 2. The molecule has 0 fully saturated rings. The second-order valence-corrected chi connectivity index (χ2v) is 6.68. The standard InChI is InChI=1S/2C11H11N3O2/c12-10-9(6-13-14-10)11(15)16-7-8-4-2-1-3-5-8;12-10-9(11(15)16)7-14(13-10)6-8-4-2-1-3-5-8/h1-6H,7H2,(H3,12,13,14);1-5,7H,6H2,(H2,12,13)(H,15,16). The van der Waals surface area contributed by atoms with Crippen molar-refractivity contribution in [3.63, 3.8) is 0 Å². The van der Waals surface area contributed by atoms with Crippen LogP contribution >= 0.6 is 0 Å². The van der Waals surface area contributed by atoms with E-state index in [0.29, 0.717) is 6.54 Å². The van der Waals surface area contributed by atoms with E-state index in [1.807, 2.05) is 60.7 Å². The Bertz CT molecular complexity index is 1170. The average Bonchev–Trinajstić information content (AvgIpc) is 3.39. The molecule has 0 radical (unpaired) electrons. The number of nitrogens with two attached hydrogens (primary N) is 2. The molecule has 10 heteroatoms. The van der Waals surface area contributed by atoms with Gasteiger partial charge >= 0.3 is 11.9 Å². The molecule has 0 aliphatic carbocycles. The number of esters is 1. The molecule has 0 saturated carbocycles. The molecular weight excluding hydrogens is 412 g/mol. The first-order valence-corrected chi connectivity index (χ1v) is 9.54. The van der Waals surface area contributed by atoms with Crippen molar-refractivity contribution >= 4 is 23.6 Å². The Morgan fingerprint density at radius 3 is 2.12 bits per heavy atom. The van der Waals surface area contributed by atoms with Crippen LogP contribution in [-0.2, 0) is 17.9 Å². The first-order chi connectivity index (χ1) is 15.4. The Labute approximate surface area is 183 Å². The second-order valence-electron chi connectivity index (χ2n) is 6.68. The summed E-state index contributed by atoms with van der Waals surface area (Å²) < 4.78 is 6.60. The lowest BCUT2D eigenvalue weighted by atomic mass is 10.2. The van der Waals surface area contributed by atoms with Gasteiger partial charge in [0.05, 0.1) is 12.7 Å². The Morgan fingerprint density at radius 1 is 0.969 bits per heavy atom. The number of nitrogens with one attached hydrogen (secondary N) is 1. The van der Waals surface area contributed by atoms with Gasteiger partial charge in [-0.1, -0.05) is 60.7 Å². The molecule has 0 aliphatic heterocycles. The van der Waals surface area contributed by atoms with Gasteiger partial charge in [-0.05, 0) is 11.1 Å². The highest BCUT2D eigenvalue weighted by atomic mass is 16.5.